The first-order valence-corrected chi connectivity index (χ1v) is 6.71. The molecule has 18 heavy (non-hydrogen) atoms. The molecule has 6 nitrogen and oxygen atoms in total. The summed E-state index contributed by atoms with van der Waals surface area (Å²) >= 11 is 1.35. The van der Waals surface area contributed by atoms with Crippen LogP contribution < -0.4 is 5.32 Å². The van der Waals surface area contributed by atoms with E-state index in [-0.39, 0.29) is 5.44 Å². The van der Waals surface area contributed by atoms with E-state index in [2.05, 4.69) is 16.9 Å². The Morgan fingerprint density at radius 2 is 2.28 bits per heavy atom. The molecule has 0 bridgehead atoms. The molecule has 102 valence electrons. The minimum absolute atomic E-state index is 0.379. The molecule has 0 radical (unpaired) electrons. The van der Waals surface area contributed by atoms with Gasteiger partial charge in [-0.15, -0.1) is 6.58 Å². The second-order valence-electron chi connectivity index (χ2n) is 4.40. The number of fused-ring (bicyclic) bond motifs is 1. The van der Waals surface area contributed by atoms with Crippen LogP contribution in [0.1, 0.15) is 6.92 Å². The van der Waals surface area contributed by atoms with Gasteiger partial charge in [0.15, 0.2) is 5.17 Å². The molecule has 0 aliphatic carbocycles. The normalized spacial score (nSPS) is 40.9. The van der Waals surface area contributed by atoms with E-state index in [1.54, 1.807) is 6.08 Å². The van der Waals surface area contributed by atoms with Gasteiger partial charge in [-0.1, -0.05) is 17.8 Å². The van der Waals surface area contributed by atoms with Gasteiger partial charge >= 0.3 is 0 Å². The summed E-state index contributed by atoms with van der Waals surface area (Å²) in [6, 6.07) is -0.507. The molecule has 0 aromatic rings. The van der Waals surface area contributed by atoms with Crippen molar-refractivity contribution in [1.29, 1.82) is 0 Å². The van der Waals surface area contributed by atoms with E-state index in [0.29, 0.717) is 11.7 Å². The number of thioether (sulfide) groups is 1. The first-order chi connectivity index (χ1) is 8.54. The van der Waals surface area contributed by atoms with Crippen LogP contribution in [0.4, 0.5) is 0 Å². The fourth-order valence-corrected chi connectivity index (χ4v) is 3.14. The molecule has 0 saturated carbocycles. The second-order valence-corrected chi connectivity index (χ2v) is 5.49. The second kappa shape index (κ2) is 5.58. The molecule has 1 fully saturated rings. The van der Waals surface area contributed by atoms with E-state index in [1.165, 1.54) is 18.7 Å². The lowest BCUT2D eigenvalue weighted by Gasteiger charge is -2.39. The molecule has 5 unspecified atom stereocenters. The van der Waals surface area contributed by atoms with Gasteiger partial charge in [0.05, 0.1) is 6.10 Å². The van der Waals surface area contributed by atoms with E-state index in [9.17, 15) is 15.3 Å². The minimum Gasteiger partial charge on any atom is -0.391 e. The molecule has 1 saturated heterocycles. The molecule has 2 aliphatic heterocycles. The summed E-state index contributed by atoms with van der Waals surface area (Å²) in [7, 11) is 0. The highest BCUT2D eigenvalue weighted by atomic mass is 32.2. The smallest absolute Gasteiger partial charge is 0.159 e. The maximum atomic E-state index is 10.0. The lowest BCUT2D eigenvalue weighted by atomic mass is 9.95. The van der Waals surface area contributed by atoms with Crippen LogP contribution in [0, 0.1) is 0 Å². The summed E-state index contributed by atoms with van der Waals surface area (Å²) in [5.41, 5.74) is -0.379. The number of nitrogens with one attached hydrogen (secondary N) is 1. The molecule has 0 amide bonds. The predicted molar refractivity (Wildman–Crippen MR) is 69.4 cm³/mol. The third kappa shape index (κ3) is 2.55. The summed E-state index contributed by atoms with van der Waals surface area (Å²) in [5.74, 6) is 0. The van der Waals surface area contributed by atoms with E-state index in [4.69, 9.17) is 4.74 Å². The zero-order valence-electron chi connectivity index (χ0n) is 10.1. The fraction of sp³-hybridized carbons (Fsp3) is 0.727. The van der Waals surface area contributed by atoms with Gasteiger partial charge < -0.3 is 25.4 Å². The SMILES string of the molecule is C=CCNC1=NC2C(OC([C@H](C)O)C(O)C2O)S1. The maximum absolute atomic E-state index is 10.0. The molecular weight excluding hydrogens is 256 g/mol. The minimum atomic E-state index is -1.13. The van der Waals surface area contributed by atoms with Crippen LogP contribution in [0.3, 0.4) is 0 Å². The quantitative estimate of drug-likeness (QED) is 0.496. The highest BCUT2D eigenvalue weighted by Gasteiger charge is 2.49. The van der Waals surface area contributed by atoms with Gasteiger partial charge in [-0.25, -0.2) is 0 Å². The van der Waals surface area contributed by atoms with Crippen molar-refractivity contribution >= 4 is 16.9 Å². The molecule has 0 aromatic carbocycles. The van der Waals surface area contributed by atoms with Crippen molar-refractivity contribution in [2.45, 2.75) is 42.8 Å². The summed E-state index contributed by atoms with van der Waals surface area (Å²) < 4.78 is 5.59. The van der Waals surface area contributed by atoms with Crippen molar-refractivity contribution in [2.24, 2.45) is 4.99 Å². The first kappa shape index (κ1) is 13.8. The van der Waals surface area contributed by atoms with Gasteiger partial charge in [0.1, 0.15) is 29.8 Å². The standard InChI is InChI=1S/C11H18N2O4S/c1-3-4-12-11-13-6-7(15)8(16)9(5(2)14)17-10(6)18-11/h3,5-10,14-16H,1,4H2,2H3,(H,12,13)/t5-,6?,7?,8?,9?,10?/m0/s1. The number of hydrogen-bond donors (Lipinski definition) is 4. The number of nitrogens with zero attached hydrogens (tertiary/aromatic N) is 1. The summed E-state index contributed by atoms with van der Waals surface area (Å²) in [6.07, 6.45) is -2.09. The van der Waals surface area contributed by atoms with Crippen molar-refractivity contribution in [3.05, 3.63) is 12.7 Å². The number of rotatable bonds is 3. The highest BCUT2D eigenvalue weighted by molar-refractivity contribution is 8.14. The molecule has 4 N–H and O–H groups in total. The van der Waals surface area contributed by atoms with Gasteiger partial charge in [-0.3, -0.25) is 4.99 Å². The zero-order valence-corrected chi connectivity index (χ0v) is 10.9. The lowest BCUT2D eigenvalue weighted by molar-refractivity contribution is -0.181. The Balaban J connectivity index is 2.06. The van der Waals surface area contributed by atoms with E-state index >= 15 is 0 Å². The Labute approximate surface area is 110 Å². The van der Waals surface area contributed by atoms with Gasteiger partial charge in [-0.05, 0) is 6.92 Å². The maximum Gasteiger partial charge on any atom is 0.159 e. The summed E-state index contributed by atoms with van der Waals surface area (Å²) in [5, 5.41) is 33.1. The number of hydrogen-bond acceptors (Lipinski definition) is 7. The van der Waals surface area contributed by atoms with E-state index in [1.807, 2.05) is 0 Å². The third-order valence-corrected chi connectivity index (χ3v) is 4.07. The summed E-state index contributed by atoms with van der Waals surface area (Å²) in [6.45, 7) is 5.69. The Bertz CT molecular complexity index is 350. The van der Waals surface area contributed by atoms with Crippen molar-refractivity contribution in [3.63, 3.8) is 0 Å². The van der Waals surface area contributed by atoms with Crippen LogP contribution in [0.5, 0.6) is 0 Å². The molecule has 2 heterocycles. The fourth-order valence-electron chi connectivity index (χ4n) is 2.03. The molecule has 7 heteroatoms. The van der Waals surface area contributed by atoms with Gasteiger partial charge in [-0.2, -0.15) is 0 Å². The number of ether oxygens (including phenoxy) is 1. The van der Waals surface area contributed by atoms with Crippen LogP contribution in [-0.4, -0.2) is 62.9 Å². The van der Waals surface area contributed by atoms with Crippen LogP contribution in [0.25, 0.3) is 0 Å². The monoisotopic (exact) mass is 274 g/mol. The van der Waals surface area contributed by atoms with Gasteiger partial charge in [0.25, 0.3) is 0 Å². The summed E-state index contributed by atoms with van der Waals surface area (Å²) in [4.78, 5) is 4.28. The number of amidine groups is 1. The van der Waals surface area contributed by atoms with Crippen LogP contribution in [0.15, 0.2) is 17.6 Å². The van der Waals surface area contributed by atoms with Crippen molar-refractivity contribution in [3.8, 4) is 0 Å². The van der Waals surface area contributed by atoms with E-state index in [0.717, 1.165) is 0 Å². The number of aliphatic hydroxyl groups is 3. The average Bonchev–Trinajstić information content (AvgIpc) is 2.74. The lowest BCUT2D eigenvalue weighted by Crippen LogP contribution is -2.57. The third-order valence-electron chi connectivity index (χ3n) is 2.97. The van der Waals surface area contributed by atoms with Crippen LogP contribution in [-0.2, 0) is 4.74 Å². The Kier molecular flexibility index (Phi) is 4.29. The molecule has 0 spiro atoms. The van der Waals surface area contributed by atoms with Crippen molar-refractivity contribution in [2.75, 3.05) is 6.54 Å². The topological polar surface area (TPSA) is 94.3 Å². The Morgan fingerprint density at radius 3 is 2.89 bits per heavy atom. The number of aliphatic hydroxyl groups excluding tert-OH is 3. The Hall–Kier alpha value is -0.600. The van der Waals surface area contributed by atoms with Crippen LogP contribution >= 0.6 is 11.8 Å². The zero-order chi connectivity index (χ0) is 13.3. The van der Waals surface area contributed by atoms with Gasteiger partial charge in [0.2, 0.25) is 0 Å². The van der Waals surface area contributed by atoms with Crippen LogP contribution in [0.2, 0.25) is 0 Å². The first-order valence-electron chi connectivity index (χ1n) is 5.83. The Morgan fingerprint density at radius 1 is 1.56 bits per heavy atom. The molecule has 2 rings (SSSR count). The van der Waals surface area contributed by atoms with Gasteiger partial charge in [0, 0.05) is 6.54 Å². The average molecular weight is 274 g/mol. The predicted octanol–water partition coefficient (Wildman–Crippen LogP) is -0.939. The van der Waals surface area contributed by atoms with Crippen molar-refractivity contribution in [1.82, 2.24) is 5.32 Å². The number of aliphatic imine (C=N–C) groups is 1. The van der Waals surface area contributed by atoms with Crippen molar-refractivity contribution < 1.29 is 20.1 Å². The molecular formula is C11H18N2O4S. The molecule has 2 aliphatic rings. The largest absolute Gasteiger partial charge is 0.391 e. The van der Waals surface area contributed by atoms with E-state index < -0.39 is 30.5 Å². The molecule has 0 aromatic heterocycles. The molecule has 6 atom stereocenters. The highest BCUT2D eigenvalue weighted by Crippen LogP contribution is 2.36.